The van der Waals surface area contributed by atoms with Crippen LogP contribution in [-0.4, -0.2) is 53.5 Å². The van der Waals surface area contributed by atoms with Crippen molar-refractivity contribution in [1.29, 1.82) is 0 Å². The Morgan fingerprint density at radius 3 is 2.74 bits per heavy atom. The molecule has 14 heteroatoms. The van der Waals surface area contributed by atoms with E-state index in [9.17, 15) is 22.0 Å². The van der Waals surface area contributed by atoms with Crippen LogP contribution in [0.2, 0.25) is 0 Å². The number of guanidine groups is 1. The van der Waals surface area contributed by atoms with Crippen LogP contribution in [0.25, 0.3) is 0 Å². The molecule has 0 aromatic carbocycles. The van der Waals surface area contributed by atoms with Crippen LogP contribution in [0.3, 0.4) is 0 Å². The Labute approximate surface area is 181 Å². The first-order valence-corrected chi connectivity index (χ1v) is 11.4. The van der Waals surface area contributed by atoms with Crippen molar-refractivity contribution < 1.29 is 26.7 Å². The zero-order valence-electron chi connectivity index (χ0n) is 16.7. The number of sulfonamides is 1. The SMILES string of the molecule is CC[C@@H]1[C@](C)(c2nc(NC(=O)c3ccc(OC(F)F)cn3)cs2)N=C(N)N(C)S1(=O)=O. The van der Waals surface area contributed by atoms with E-state index in [2.05, 4.69) is 25.0 Å². The molecule has 3 heterocycles. The summed E-state index contributed by atoms with van der Waals surface area (Å²) in [6.07, 6.45) is 1.28. The number of hydrogen-bond donors (Lipinski definition) is 2. The average Bonchev–Trinajstić information content (AvgIpc) is 3.16. The molecule has 10 nitrogen and oxygen atoms in total. The van der Waals surface area contributed by atoms with Gasteiger partial charge in [-0.15, -0.1) is 11.3 Å². The number of thiazole rings is 1. The molecule has 0 radical (unpaired) electrons. The van der Waals surface area contributed by atoms with Gasteiger partial charge in [-0.2, -0.15) is 8.78 Å². The number of halogens is 2. The fourth-order valence-electron chi connectivity index (χ4n) is 3.22. The molecule has 1 aliphatic rings. The maximum Gasteiger partial charge on any atom is 0.387 e. The Balaban J connectivity index is 1.83. The molecular formula is C17H20F2N6O4S2. The van der Waals surface area contributed by atoms with Gasteiger partial charge in [0.1, 0.15) is 33.1 Å². The number of anilines is 1. The number of pyridine rings is 1. The van der Waals surface area contributed by atoms with Crippen LogP contribution < -0.4 is 15.8 Å². The van der Waals surface area contributed by atoms with Crippen molar-refractivity contribution in [2.45, 2.75) is 37.7 Å². The highest BCUT2D eigenvalue weighted by Crippen LogP contribution is 2.41. The van der Waals surface area contributed by atoms with Gasteiger partial charge in [-0.3, -0.25) is 4.79 Å². The molecule has 2 atom stereocenters. The number of carbonyl (C=O) groups is 1. The molecule has 3 rings (SSSR count). The number of rotatable bonds is 6. The summed E-state index contributed by atoms with van der Waals surface area (Å²) in [4.78, 5) is 24.9. The second kappa shape index (κ2) is 8.34. The summed E-state index contributed by atoms with van der Waals surface area (Å²) >= 11 is 1.13. The highest BCUT2D eigenvalue weighted by molar-refractivity contribution is 7.90. The minimum Gasteiger partial charge on any atom is -0.433 e. The first-order valence-electron chi connectivity index (χ1n) is 9.00. The van der Waals surface area contributed by atoms with Crippen LogP contribution >= 0.6 is 11.3 Å². The Morgan fingerprint density at radius 1 is 1.45 bits per heavy atom. The summed E-state index contributed by atoms with van der Waals surface area (Å²) in [7, 11) is -2.40. The van der Waals surface area contributed by atoms with Crippen molar-refractivity contribution in [3.63, 3.8) is 0 Å². The third-order valence-electron chi connectivity index (χ3n) is 4.78. The van der Waals surface area contributed by atoms with E-state index in [0.717, 1.165) is 21.8 Å². The topological polar surface area (TPSA) is 140 Å². The zero-order chi connectivity index (χ0) is 23.0. The summed E-state index contributed by atoms with van der Waals surface area (Å²) in [6.45, 7) is 0.365. The molecule has 31 heavy (non-hydrogen) atoms. The standard InChI is InChI=1S/C17H20F2N6O4S2/c1-4-11-17(2,24-16(20)25(3)31(11,27)28)14-23-12(8-30-14)22-13(26)10-6-5-9(7-21-10)29-15(18)19/h5-8,11,15H,4H2,1-3H3,(H2,20,24)(H,22,26)/t11-,17-/m1/s1. The van der Waals surface area contributed by atoms with E-state index in [1.54, 1.807) is 13.8 Å². The molecule has 0 spiro atoms. The van der Waals surface area contributed by atoms with Gasteiger partial charge in [0, 0.05) is 12.4 Å². The number of amides is 1. The van der Waals surface area contributed by atoms with Gasteiger partial charge in [-0.1, -0.05) is 6.92 Å². The first-order chi connectivity index (χ1) is 14.5. The minimum absolute atomic E-state index is 0.0436. The second-order valence-electron chi connectivity index (χ2n) is 6.78. The fourth-order valence-corrected chi connectivity index (χ4v) is 6.05. The summed E-state index contributed by atoms with van der Waals surface area (Å²) in [5.41, 5.74) is 4.55. The number of alkyl halides is 2. The lowest BCUT2D eigenvalue weighted by molar-refractivity contribution is -0.0500. The highest BCUT2D eigenvalue weighted by Gasteiger charge is 2.51. The monoisotopic (exact) mass is 474 g/mol. The summed E-state index contributed by atoms with van der Waals surface area (Å²) < 4.78 is 55.2. The predicted molar refractivity (Wildman–Crippen MR) is 111 cm³/mol. The third kappa shape index (κ3) is 4.30. The average molecular weight is 475 g/mol. The molecule has 0 saturated heterocycles. The lowest BCUT2D eigenvalue weighted by Crippen LogP contribution is -2.56. The molecule has 1 amide bonds. The molecule has 0 fully saturated rings. The van der Waals surface area contributed by atoms with Gasteiger partial charge in [0.15, 0.2) is 0 Å². The maximum absolute atomic E-state index is 12.8. The lowest BCUT2D eigenvalue weighted by Gasteiger charge is -2.39. The van der Waals surface area contributed by atoms with Crippen LogP contribution in [0.4, 0.5) is 14.6 Å². The molecule has 0 bridgehead atoms. The Hall–Kier alpha value is -2.87. The number of nitrogens with two attached hydrogens (primary N) is 1. The van der Waals surface area contributed by atoms with Gasteiger partial charge in [0.2, 0.25) is 16.0 Å². The number of nitrogens with zero attached hydrogens (tertiary/aromatic N) is 4. The third-order valence-corrected chi connectivity index (χ3v) is 8.31. The number of ether oxygens (including phenoxy) is 1. The first kappa shape index (κ1) is 22.8. The summed E-state index contributed by atoms with van der Waals surface area (Å²) in [5.74, 6) is -0.791. The van der Waals surface area contributed by atoms with Crippen molar-refractivity contribution in [2.24, 2.45) is 10.7 Å². The van der Waals surface area contributed by atoms with Crippen molar-refractivity contribution >= 4 is 39.0 Å². The van der Waals surface area contributed by atoms with E-state index in [4.69, 9.17) is 5.73 Å². The van der Waals surface area contributed by atoms with E-state index < -0.39 is 33.3 Å². The molecular weight excluding hydrogens is 454 g/mol. The van der Waals surface area contributed by atoms with Gasteiger partial charge >= 0.3 is 6.61 Å². The van der Waals surface area contributed by atoms with Gasteiger partial charge in [-0.05, 0) is 25.5 Å². The van der Waals surface area contributed by atoms with Crippen molar-refractivity contribution in [3.8, 4) is 5.75 Å². The summed E-state index contributed by atoms with van der Waals surface area (Å²) in [6, 6.07) is 2.41. The number of aromatic nitrogens is 2. The Bertz CT molecular complexity index is 1110. The van der Waals surface area contributed by atoms with Crippen LogP contribution in [0, 0.1) is 0 Å². The van der Waals surface area contributed by atoms with Crippen LogP contribution in [-0.2, 0) is 15.6 Å². The van der Waals surface area contributed by atoms with Crippen molar-refractivity contribution in [2.75, 3.05) is 12.4 Å². The number of hydrogen-bond acceptors (Lipinski definition) is 9. The van der Waals surface area contributed by atoms with Gasteiger partial charge in [0.05, 0.1) is 6.20 Å². The number of carbonyl (C=O) groups excluding carboxylic acids is 1. The highest BCUT2D eigenvalue weighted by atomic mass is 32.2. The minimum atomic E-state index is -3.75. The van der Waals surface area contributed by atoms with Crippen LogP contribution in [0.15, 0.2) is 28.7 Å². The lowest BCUT2D eigenvalue weighted by atomic mass is 9.97. The van der Waals surface area contributed by atoms with Crippen LogP contribution in [0.1, 0.15) is 35.8 Å². The van der Waals surface area contributed by atoms with Crippen molar-refractivity contribution in [1.82, 2.24) is 14.3 Å². The molecule has 0 saturated carbocycles. The van der Waals surface area contributed by atoms with Gasteiger partial charge in [-0.25, -0.2) is 27.7 Å². The predicted octanol–water partition coefficient (Wildman–Crippen LogP) is 1.98. The molecule has 2 aromatic rings. The normalized spacial score (nSPS) is 22.8. The zero-order valence-corrected chi connectivity index (χ0v) is 18.4. The van der Waals surface area contributed by atoms with Gasteiger partial charge in [0.25, 0.3) is 5.91 Å². The van der Waals surface area contributed by atoms with E-state index in [1.165, 1.54) is 24.6 Å². The quantitative estimate of drug-likeness (QED) is 0.652. The number of nitrogens with one attached hydrogen (secondary N) is 1. The Morgan fingerprint density at radius 2 is 2.16 bits per heavy atom. The fraction of sp³-hybridized carbons (Fsp3) is 0.412. The van der Waals surface area contributed by atoms with E-state index in [-0.39, 0.29) is 29.6 Å². The van der Waals surface area contributed by atoms with Gasteiger partial charge < -0.3 is 15.8 Å². The molecule has 3 N–H and O–H groups in total. The molecule has 2 aromatic heterocycles. The van der Waals surface area contributed by atoms with E-state index in [0.29, 0.717) is 5.01 Å². The van der Waals surface area contributed by atoms with Crippen LogP contribution in [0.5, 0.6) is 5.75 Å². The van der Waals surface area contributed by atoms with E-state index in [1.807, 2.05) is 0 Å². The van der Waals surface area contributed by atoms with E-state index >= 15 is 0 Å². The smallest absolute Gasteiger partial charge is 0.387 e. The second-order valence-corrected chi connectivity index (χ2v) is 9.78. The molecule has 0 aliphatic carbocycles. The summed E-state index contributed by atoms with van der Waals surface area (Å²) in [5, 5.41) is 3.55. The van der Waals surface area contributed by atoms with Crippen molar-refractivity contribution in [3.05, 3.63) is 34.4 Å². The molecule has 1 aliphatic heterocycles. The number of aliphatic imine (C=N–C) groups is 1. The Kier molecular flexibility index (Phi) is 6.14. The molecule has 168 valence electrons. The largest absolute Gasteiger partial charge is 0.433 e. The molecule has 0 unspecified atom stereocenters. The maximum atomic E-state index is 12.8.